The quantitative estimate of drug-likeness (QED) is 0.930. The minimum atomic E-state index is -1.08. The predicted octanol–water partition coefficient (Wildman–Crippen LogP) is 3.83. The van der Waals surface area contributed by atoms with E-state index in [-0.39, 0.29) is 10.5 Å². The fourth-order valence-corrected chi connectivity index (χ4v) is 2.30. The Morgan fingerprint density at radius 1 is 1.33 bits per heavy atom. The number of hydrogen-bond donors (Lipinski definition) is 1. The van der Waals surface area contributed by atoms with E-state index in [1.165, 1.54) is 12.1 Å². The van der Waals surface area contributed by atoms with E-state index in [4.69, 9.17) is 5.11 Å². The molecule has 0 spiro atoms. The molecule has 0 aliphatic carbocycles. The van der Waals surface area contributed by atoms with Crippen molar-refractivity contribution in [3.8, 4) is 0 Å². The number of hydrogen-bond acceptors (Lipinski definition) is 3. The van der Waals surface area contributed by atoms with E-state index in [0.717, 1.165) is 22.3 Å². The summed E-state index contributed by atoms with van der Waals surface area (Å²) in [4.78, 5) is 15.1. The van der Waals surface area contributed by atoms with Gasteiger partial charge < -0.3 is 5.11 Å². The lowest BCUT2D eigenvalue weighted by molar-refractivity contribution is 0.0696. The van der Waals surface area contributed by atoms with Crippen LogP contribution in [-0.2, 0) is 0 Å². The highest BCUT2D eigenvalue weighted by Crippen LogP contribution is 2.29. The zero-order chi connectivity index (χ0) is 13.1. The normalized spacial score (nSPS) is 10.3. The third-order valence-corrected chi connectivity index (χ3v) is 3.55. The zero-order valence-corrected chi connectivity index (χ0v) is 11.3. The molecule has 3 nitrogen and oxygen atoms in total. The Kier molecular flexibility index (Phi) is 3.98. The highest BCUT2D eigenvalue weighted by molar-refractivity contribution is 9.10. The largest absolute Gasteiger partial charge is 0.478 e. The summed E-state index contributed by atoms with van der Waals surface area (Å²) < 4.78 is 14.4. The lowest BCUT2D eigenvalue weighted by Gasteiger charge is -2.04. The maximum Gasteiger partial charge on any atom is 0.335 e. The van der Waals surface area contributed by atoms with Gasteiger partial charge in [-0.3, -0.25) is 0 Å². The van der Waals surface area contributed by atoms with E-state index < -0.39 is 11.8 Å². The Labute approximate surface area is 115 Å². The summed E-state index contributed by atoms with van der Waals surface area (Å²) in [5.41, 5.74) is 0.0519. The smallest absolute Gasteiger partial charge is 0.335 e. The van der Waals surface area contributed by atoms with Crippen LogP contribution in [0, 0.1) is 5.82 Å². The number of carboxylic acid groups (broad SMARTS) is 1. The second-order valence-corrected chi connectivity index (χ2v) is 5.34. The first-order valence-corrected chi connectivity index (χ1v) is 6.49. The molecule has 0 atom stereocenters. The van der Waals surface area contributed by atoms with Crippen LogP contribution in [0.25, 0.3) is 0 Å². The molecule has 0 saturated carbocycles. The van der Waals surface area contributed by atoms with Crippen molar-refractivity contribution in [3.63, 3.8) is 0 Å². The summed E-state index contributed by atoms with van der Waals surface area (Å²) in [6.07, 6.45) is 1.60. The van der Waals surface area contributed by atoms with Gasteiger partial charge in [0.15, 0.2) is 0 Å². The summed E-state index contributed by atoms with van der Waals surface area (Å²) in [6.45, 7) is 0. The molecule has 0 radical (unpaired) electrons. The van der Waals surface area contributed by atoms with E-state index in [9.17, 15) is 9.18 Å². The van der Waals surface area contributed by atoms with Crippen LogP contribution in [0.5, 0.6) is 0 Å². The maximum absolute atomic E-state index is 13.5. The molecule has 6 heteroatoms. The second kappa shape index (κ2) is 5.49. The number of aromatic carboxylic acids is 1. The van der Waals surface area contributed by atoms with Gasteiger partial charge in [0, 0.05) is 10.7 Å². The van der Waals surface area contributed by atoms with E-state index >= 15 is 0 Å². The third-order valence-electron chi connectivity index (χ3n) is 2.09. The van der Waals surface area contributed by atoms with Crippen LogP contribution in [0.2, 0.25) is 0 Å². The number of carbonyl (C=O) groups is 1. The van der Waals surface area contributed by atoms with Crippen LogP contribution in [0.1, 0.15) is 10.4 Å². The molecule has 0 aliphatic heterocycles. The van der Waals surface area contributed by atoms with Crippen LogP contribution in [-0.4, -0.2) is 16.1 Å². The number of carboxylic acids is 1. The second-order valence-electron chi connectivity index (χ2n) is 3.37. The monoisotopic (exact) mass is 327 g/mol. The average Bonchev–Trinajstić information content (AvgIpc) is 2.34. The van der Waals surface area contributed by atoms with Crippen LogP contribution >= 0.6 is 27.7 Å². The molecule has 1 aromatic carbocycles. The van der Waals surface area contributed by atoms with Gasteiger partial charge in [-0.05, 0) is 46.3 Å². The molecule has 0 unspecified atom stereocenters. The molecule has 2 aromatic rings. The molecule has 0 bridgehead atoms. The standard InChI is InChI=1S/C12H7BrFNO2S/c13-8-2-4-11(15-6-8)18-10-5-7(12(16)17)1-3-9(10)14/h1-6H,(H,16,17). The van der Waals surface area contributed by atoms with Crippen LogP contribution in [0.15, 0.2) is 50.9 Å². The minimum Gasteiger partial charge on any atom is -0.478 e. The van der Waals surface area contributed by atoms with Crippen molar-refractivity contribution in [2.24, 2.45) is 0 Å². The number of benzene rings is 1. The van der Waals surface area contributed by atoms with Gasteiger partial charge in [-0.15, -0.1) is 0 Å². The molecule has 1 heterocycles. The Morgan fingerprint density at radius 2 is 2.11 bits per heavy atom. The highest BCUT2D eigenvalue weighted by atomic mass is 79.9. The predicted molar refractivity (Wildman–Crippen MR) is 69.4 cm³/mol. The minimum absolute atomic E-state index is 0.0519. The van der Waals surface area contributed by atoms with Crippen molar-refractivity contribution in [3.05, 3.63) is 52.4 Å². The van der Waals surface area contributed by atoms with Crippen molar-refractivity contribution in [2.45, 2.75) is 9.92 Å². The fourth-order valence-electron chi connectivity index (χ4n) is 1.25. The first kappa shape index (κ1) is 13.0. The van der Waals surface area contributed by atoms with Gasteiger partial charge in [0.05, 0.1) is 10.5 Å². The first-order valence-electron chi connectivity index (χ1n) is 4.88. The Hall–Kier alpha value is -1.40. The molecule has 18 heavy (non-hydrogen) atoms. The summed E-state index contributed by atoms with van der Waals surface area (Å²) in [7, 11) is 0. The number of halogens is 2. The van der Waals surface area contributed by atoms with Gasteiger partial charge in [0.25, 0.3) is 0 Å². The lowest BCUT2D eigenvalue weighted by atomic mass is 10.2. The molecular formula is C12H7BrFNO2S. The van der Waals surface area contributed by atoms with E-state index in [2.05, 4.69) is 20.9 Å². The summed E-state index contributed by atoms with van der Waals surface area (Å²) >= 11 is 4.34. The molecule has 1 aromatic heterocycles. The average molecular weight is 328 g/mol. The summed E-state index contributed by atoms with van der Waals surface area (Å²) in [5, 5.41) is 9.45. The molecule has 0 fully saturated rings. The molecule has 0 aliphatic rings. The van der Waals surface area contributed by atoms with E-state index in [1.54, 1.807) is 18.3 Å². The lowest BCUT2D eigenvalue weighted by Crippen LogP contribution is -1.97. The number of rotatable bonds is 3. The molecule has 2 rings (SSSR count). The number of nitrogens with zero attached hydrogens (tertiary/aromatic N) is 1. The summed E-state index contributed by atoms with van der Waals surface area (Å²) in [6, 6.07) is 7.18. The van der Waals surface area contributed by atoms with Gasteiger partial charge in [-0.1, -0.05) is 11.8 Å². The van der Waals surface area contributed by atoms with Gasteiger partial charge in [-0.25, -0.2) is 14.2 Å². The first-order chi connectivity index (χ1) is 8.56. The van der Waals surface area contributed by atoms with Crippen molar-refractivity contribution in [1.29, 1.82) is 0 Å². The van der Waals surface area contributed by atoms with Crippen molar-refractivity contribution >= 4 is 33.7 Å². The SMILES string of the molecule is O=C(O)c1ccc(F)c(Sc2ccc(Br)cn2)c1. The van der Waals surface area contributed by atoms with E-state index in [1.807, 2.05) is 0 Å². The number of pyridine rings is 1. The van der Waals surface area contributed by atoms with Gasteiger partial charge >= 0.3 is 5.97 Å². The molecule has 1 N–H and O–H groups in total. The topological polar surface area (TPSA) is 50.2 Å². The zero-order valence-electron chi connectivity index (χ0n) is 8.93. The van der Waals surface area contributed by atoms with Crippen LogP contribution < -0.4 is 0 Å². The number of aromatic nitrogens is 1. The van der Waals surface area contributed by atoms with Crippen molar-refractivity contribution in [2.75, 3.05) is 0 Å². The molecule has 92 valence electrons. The molecular weight excluding hydrogens is 321 g/mol. The Morgan fingerprint density at radius 3 is 2.72 bits per heavy atom. The third kappa shape index (κ3) is 3.08. The van der Waals surface area contributed by atoms with Gasteiger partial charge in [0.2, 0.25) is 0 Å². The van der Waals surface area contributed by atoms with Crippen molar-refractivity contribution < 1.29 is 14.3 Å². The summed E-state index contributed by atoms with van der Waals surface area (Å²) in [5.74, 6) is -1.55. The van der Waals surface area contributed by atoms with Crippen LogP contribution in [0.3, 0.4) is 0 Å². The highest BCUT2D eigenvalue weighted by Gasteiger charge is 2.10. The fraction of sp³-hybridized carbons (Fsp3) is 0. The maximum atomic E-state index is 13.5. The molecule has 0 amide bonds. The van der Waals surface area contributed by atoms with Gasteiger partial charge in [-0.2, -0.15) is 0 Å². The van der Waals surface area contributed by atoms with E-state index in [0.29, 0.717) is 5.03 Å². The molecule has 0 saturated heterocycles. The Bertz CT molecular complexity index is 589. The van der Waals surface area contributed by atoms with Crippen molar-refractivity contribution in [1.82, 2.24) is 4.98 Å². The Balaban J connectivity index is 2.30. The van der Waals surface area contributed by atoms with Gasteiger partial charge in [0.1, 0.15) is 10.8 Å². The van der Waals surface area contributed by atoms with Crippen LogP contribution in [0.4, 0.5) is 4.39 Å².